The Kier molecular flexibility index (Phi) is 3.05. The van der Waals surface area contributed by atoms with Gasteiger partial charge in [0.15, 0.2) is 0 Å². The third-order valence-electron chi connectivity index (χ3n) is 1.56. The molecular weight excluding hydrogens is 204 g/mol. The molecule has 3 heteroatoms. The van der Waals surface area contributed by atoms with E-state index in [1.54, 1.807) is 0 Å². The maximum Gasteiger partial charge on any atom is 0.0430 e. The number of rotatable bonds is 2. The molecule has 0 radical (unpaired) electrons. The Morgan fingerprint density at radius 2 is 2.00 bits per heavy atom. The number of hydrogen-bond donors (Lipinski definition) is 2. The van der Waals surface area contributed by atoms with Crippen molar-refractivity contribution in [2.75, 3.05) is 6.54 Å². The molecular formula is C8H11BrN2. The summed E-state index contributed by atoms with van der Waals surface area (Å²) >= 11 is 3.40. The van der Waals surface area contributed by atoms with Crippen LogP contribution in [-0.4, -0.2) is 6.54 Å². The largest absolute Gasteiger partial charge is 0.329 e. The fourth-order valence-corrected chi connectivity index (χ4v) is 1.48. The topological polar surface area (TPSA) is 52.0 Å². The number of nitrogens with two attached hydrogens (primary N) is 2. The highest BCUT2D eigenvalue weighted by atomic mass is 79.9. The van der Waals surface area contributed by atoms with Crippen LogP contribution in [0.25, 0.3) is 0 Å². The first kappa shape index (κ1) is 8.71. The zero-order chi connectivity index (χ0) is 8.27. The summed E-state index contributed by atoms with van der Waals surface area (Å²) < 4.78 is 1.03. The molecule has 0 aromatic heterocycles. The number of hydrogen-bond acceptors (Lipinski definition) is 2. The molecule has 4 N–H and O–H groups in total. The van der Waals surface area contributed by atoms with Crippen molar-refractivity contribution in [2.24, 2.45) is 11.5 Å². The SMILES string of the molecule is NC[C@@H](N)c1ccccc1Br. The van der Waals surface area contributed by atoms with Gasteiger partial charge in [-0.25, -0.2) is 0 Å². The molecule has 0 fully saturated rings. The van der Waals surface area contributed by atoms with E-state index < -0.39 is 0 Å². The van der Waals surface area contributed by atoms with Gasteiger partial charge in [-0.05, 0) is 11.6 Å². The molecule has 11 heavy (non-hydrogen) atoms. The molecule has 60 valence electrons. The molecule has 0 amide bonds. The quantitative estimate of drug-likeness (QED) is 0.783. The Balaban J connectivity index is 2.93. The first-order chi connectivity index (χ1) is 5.25. The fraction of sp³-hybridized carbons (Fsp3) is 0.250. The van der Waals surface area contributed by atoms with Crippen LogP contribution in [0.3, 0.4) is 0 Å². The van der Waals surface area contributed by atoms with Crippen LogP contribution in [0, 0.1) is 0 Å². The van der Waals surface area contributed by atoms with Gasteiger partial charge >= 0.3 is 0 Å². The molecule has 0 spiro atoms. The highest BCUT2D eigenvalue weighted by molar-refractivity contribution is 9.10. The Hall–Kier alpha value is -0.380. The van der Waals surface area contributed by atoms with E-state index in [4.69, 9.17) is 11.5 Å². The smallest absolute Gasteiger partial charge is 0.0430 e. The average Bonchev–Trinajstić information content (AvgIpc) is 2.04. The van der Waals surface area contributed by atoms with Crippen molar-refractivity contribution >= 4 is 15.9 Å². The zero-order valence-electron chi connectivity index (χ0n) is 6.13. The van der Waals surface area contributed by atoms with Crippen LogP contribution in [-0.2, 0) is 0 Å². The minimum Gasteiger partial charge on any atom is -0.329 e. The molecule has 0 unspecified atom stereocenters. The van der Waals surface area contributed by atoms with Gasteiger partial charge in [-0.1, -0.05) is 34.1 Å². The van der Waals surface area contributed by atoms with E-state index in [0.717, 1.165) is 10.0 Å². The molecule has 1 atom stereocenters. The first-order valence-electron chi connectivity index (χ1n) is 3.45. The summed E-state index contributed by atoms with van der Waals surface area (Å²) in [6, 6.07) is 7.78. The fourth-order valence-electron chi connectivity index (χ4n) is 0.903. The summed E-state index contributed by atoms with van der Waals surface area (Å²) in [5, 5.41) is 0. The molecule has 1 aromatic rings. The summed E-state index contributed by atoms with van der Waals surface area (Å²) in [5.74, 6) is 0. The van der Waals surface area contributed by atoms with E-state index in [9.17, 15) is 0 Å². The maximum atomic E-state index is 5.74. The Bertz CT molecular complexity index is 237. The lowest BCUT2D eigenvalue weighted by Gasteiger charge is -2.10. The Morgan fingerprint density at radius 1 is 1.36 bits per heavy atom. The molecule has 0 aliphatic carbocycles. The number of benzene rings is 1. The van der Waals surface area contributed by atoms with E-state index in [-0.39, 0.29) is 6.04 Å². The van der Waals surface area contributed by atoms with Gasteiger partial charge < -0.3 is 11.5 Å². The van der Waals surface area contributed by atoms with E-state index in [1.807, 2.05) is 24.3 Å². The lowest BCUT2D eigenvalue weighted by molar-refractivity contribution is 0.733. The van der Waals surface area contributed by atoms with Crippen molar-refractivity contribution in [3.63, 3.8) is 0 Å². The van der Waals surface area contributed by atoms with Crippen LogP contribution in [0.1, 0.15) is 11.6 Å². The molecule has 1 aromatic carbocycles. The van der Waals surface area contributed by atoms with Gasteiger partial charge in [0, 0.05) is 17.1 Å². The van der Waals surface area contributed by atoms with E-state index in [1.165, 1.54) is 0 Å². The highest BCUT2D eigenvalue weighted by Gasteiger charge is 2.05. The maximum absolute atomic E-state index is 5.74. The molecule has 0 aliphatic rings. The third-order valence-corrected chi connectivity index (χ3v) is 2.28. The second-order valence-electron chi connectivity index (χ2n) is 2.36. The normalized spacial score (nSPS) is 13.0. The number of halogens is 1. The van der Waals surface area contributed by atoms with Gasteiger partial charge in [0.1, 0.15) is 0 Å². The molecule has 1 rings (SSSR count). The van der Waals surface area contributed by atoms with E-state index in [0.29, 0.717) is 6.54 Å². The zero-order valence-corrected chi connectivity index (χ0v) is 7.71. The van der Waals surface area contributed by atoms with Gasteiger partial charge in [0.05, 0.1) is 0 Å². The van der Waals surface area contributed by atoms with Crippen molar-refractivity contribution in [2.45, 2.75) is 6.04 Å². The predicted molar refractivity (Wildman–Crippen MR) is 50.1 cm³/mol. The standard InChI is InChI=1S/C8H11BrN2/c9-7-4-2-1-3-6(7)8(11)5-10/h1-4,8H,5,10-11H2/t8-/m1/s1. The Morgan fingerprint density at radius 3 is 2.55 bits per heavy atom. The van der Waals surface area contributed by atoms with Crippen molar-refractivity contribution in [3.8, 4) is 0 Å². The monoisotopic (exact) mass is 214 g/mol. The predicted octanol–water partition coefficient (Wildman–Crippen LogP) is 1.41. The Labute approximate surface area is 74.7 Å². The van der Waals surface area contributed by atoms with Crippen LogP contribution in [0.2, 0.25) is 0 Å². The van der Waals surface area contributed by atoms with Crippen molar-refractivity contribution in [1.82, 2.24) is 0 Å². The molecule has 0 saturated heterocycles. The molecule has 0 aliphatic heterocycles. The van der Waals surface area contributed by atoms with Crippen LogP contribution < -0.4 is 11.5 Å². The minimum atomic E-state index is -0.0643. The first-order valence-corrected chi connectivity index (χ1v) is 4.25. The minimum absolute atomic E-state index is 0.0643. The summed E-state index contributed by atoms with van der Waals surface area (Å²) in [7, 11) is 0. The lowest BCUT2D eigenvalue weighted by atomic mass is 10.1. The van der Waals surface area contributed by atoms with Crippen LogP contribution in [0.15, 0.2) is 28.7 Å². The summed E-state index contributed by atoms with van der Waals surface area (Å²) in [6.07, 6.45) is 0. The van der Waals surface area contributed by atoms with Crippen LogP contribution >= 0.6 is 15.9 Å². The third kappa shape index (κ3) is 2.02. The van der Waals surface area contributed by atoms with Gasteiger partial charge in [-0.2, -0.15) is 0 Å². The van der Waals surface area contributed by atoms with Crippen molar-refractivity contribution in [3.05, 3.63) is 34.3 Å². The molecule has 0 saturated carbocycles. The van der Waals surface area contributed by atoms with Crippen molar-refractivity contribution in [1.29, 1.82) is 0 Å². The van der Waals surface area contributed by atoms with E-state index >= 15 is 0 Å². The highest BCUT2D eigenvalue weighted by Crippen LogP contribution is 2.20. The van der Waals surface area contributed by atoms with Crippen molar-refractivity contribution < 1.29 is 0 Å². The van der Waals surface area contributed by atoms with Crippen LogP contribution in [0.4, 0.5) is 0 Å². The van der Waals surface area contributed by atoms with Gasteiger partial charge in [-0.3, -0.25) is 0 Å². The van der Waals surface area contributed by atoms with E-state index in [2.05, 4.69) is 15.9 Å². The molecule has 0 heterocycles. The summed E-state index contributed by atoms with van der Waals surface area (Å²) in [5.41, 5.74) is 12.2. The van der Waals surface area contributed by atoms with Gasteiger partial charge in [-0.15, -0.1) is 0 Å². The second kappa shape index (κ2) is 3.85. The summed E-state index contributed by atoms with van der Waals surface area (Å²) in [6.45, 7) is 0.475. The summed E-state index contributed by atoms with van der Waals surface area (Å²) in [4.78, 5) is 0. The second-order valence-corrected chi connectivity index (χ2v) is 3.22. The average molecular weight is 215 g/mol. The van der Waals surface area contributed by atoms with Crippen LogP contribution in [0.5, 0.6) is 0 Å². The molecule has 0 bridgehead atoms. The van der Waals surface area contributed by atoms with Gasteiger partial charge in [0.2, 0.25) is 0 Å². The molecule has 2 nitrogen and oxygen atoms in total. The van der Waals surface area contributed by atoms with Gasteiger partial charge in [0.25, 0.3) is 0 Å². The lowest BCUT2D eigenvalue weighted by Crippen LogP contribution is -2.20.